The first-order valence-electron chi connectivity index (χ1n) is 10.3. The van der Waals surface area contributed by atoms with E-state index in [1.165, 1.54) is 4.90 Å². The summed E-state index contributed by atoms with van der Waals surface area (Å²) in [5, 5.41) is 5.05. The third-order valence-electron chi connectivity index (χ3n) is 5.62. The molecule has 29 heavy (non-hydrogen) atoms. The molecule has 1 atom stereocenters. The zero-order chi connectivity index (χ0) is 20.8. The van der Waals surface area contributed by atoms with Crippen molar-refractivity contribution in [2.24, 2.45) is 0 Å². The number of nitrogens with one attached hydrogen (secondary N) is 2. The molecule has 7 nitrogen and oxygen atoms in total. The molecule has 3 rings (SSSR count). The van der Waals surface area contributed by atoms with Gasteiger partial charge in [-0.3, -0.25) is 9.59 Å². The molecule has 0 bridgehead atoms. The van der Waals surface area contributed by atoms with Gasteiger partial charge in [-0.1, -0.05) is 18.2 Å². The maximum atomic E-state index is 12.5. The lowest BCUT2D eigenvalue weighted by Crippen LogP contribution is -3.15. The first-order chi connectivity index (χ1) is 13.9. The lowest BCUT2D eigenvalue weighted by molar-refractivity contribution is -0.895. The molecule has 1 saturated heterocycles. The number of carbonyl (C=O) groups excluding carboxylic acids is 2. The van der Waals surface area contributed by atoms with Gasteiger partial charge in [0.25, 0.3) is 11.8 Å². The summed E-state index contributed by atoms with van der Waals surface area (Å²) in [6.07, 6.45) is 1.65. The van der Waals surface area contributed by atoms with Crippen LogP contribution in [0.4, 0.5) is 5.69 Å². The number of amides is 2. The third kappa shape index (κ3) is 5.68. The summed E-state index contributed by atoms with van der Waals surface area (Å²) >= 11 is 0. The van der Waals surface area contributed by atoms with Gasteiger partial charge in [-0.15, -0.1) is 0 Å². The molecule has 7 heteroatoms. The fourth-order valence-electron chi connectivity index (χ4n) is 3.74. The zero-order valence-corrected chi connectivity index (χ0v) is 17.5. The molecular formula is C22H32N4O3+2. The van der Waals surface area contributed by atoms with E-state index in [2.05, 4.69) is 5.32 Å². The van der Waals surface area contributed by atoms with Crippen molar-refractivity contribution in [2.45, 2.75) is 26.8 Å². The summed E-state index contributed by atoms with van der Waals surface area (Å²) in [5.41, 5.74) is 3.06. The minimum Gasteiger partial charge on any atom is -0.463 e. The van der Waals surface area contributed by atoms with Gasteiger partial charge < -0.3 is 24.9 Å². The van der Waals surface area contributed by atoms with Crippen molar-refractivity contribution in [1.29, 1.82) is 0 Å². The Hall–Kier alpha value is -2.64. The lowest BCUT2D eigenvalue weighted by atomic mass is 10.1. The van der Waals surface area contributed by atoms with Crippen molar-refractivity contribution in [3.05, 3.63) is 53.5 Å². The number of hydrogen-bond acceptors (Lipinski definition) is 3. The molecular weight excluding hydrogens is 368 g/mol. The van der Waals surface area contributed by atoms with Crippen LogP contribution in [-0.4, -0.2) is 56.0 Å². The number of carbonyl (C=O) groups is 2. The normalized spacial score (nSPS) is 15.9. The van der Waals surface area contributed by atoms with E-state index in [9.17, 15) is 9.59 Å². The maximum Gasteiger partial charge on any atom is 0.279 e. The van der Waals surface area contributed by atoms with Gasteiger partial charge in [0.15, 0.2) is 18.8 Å². The van der Waals surface area contributed by atoms with Crippen LogP contribution in [0.2, 0.25) is 0 Å². The van der Waals surface area contributed by atoms with Gasteiger partial charge in [0.2, 0.25) is 0 Å². The van der Waals surface area contributed by atoms with E-state index >= 15 is 0 Å². The minimum atomic E-state index is 0.0257. The topological polar surface area (TPSA) is 83.6 Å². The van der Waals surface area contributed by atoms with E-state index in [0.29, 0.717) is 26.2 Å². The highest BCUT2D eigenvalue weighted by atomic mass is 16.3. The van der Waals surface area contributed by atoms with E-state index in [-0.39, 0.29) is 17.9 Å². The first kappa shape index (κ1) is 21.1. The second-order valence-corrected chi connectivity index (χ2v) is 7.87. The Bertz CT molecular complexity index is 806. The molecule has 1 fully saturated rings. The summed E-state index contributed by atoms with van der Waals surface area (Å²) in [4.78, 5) is 28.1. The highest BCUT2D eigenvalue weighted by Gasteiger charge is 2.26. The summed E-state index contributed by atoms with van der Waals surface area (Å²) < 4.78 is 5.38. The molecule has 0 saturated carbocycles. The average Bonchev–Trinajstić information content (AvgIpc) is 3.24. The molecule has 0 radical (unpaired) electrons. The Labute approximate surface area is 172 Å². The predicted octanol–water partition coefficient (Wildman–Crippen LogP) is -0.113. The molecule has 1 aliphatic heterocycles. The van der Waals surface area contributed by atoms with Crippen molar-refractivity contribution in [2.75, 3.05) is 44.6 Å². The van der Waals surface area contributed by atoms with Crippen LogP contribution in [0, 0.1) is 13.8 Å². The van der Waals surface area contributed by atoms with Gasteiger partial charge >= 0.3 is 0 Å². The maximum absolute atomic E-state index is 12.5. The zero-order valence-electron chi connectivity index (χ0n) is 17.5. The fourth-order valence-corrected chi connectivity index (χ4v) is 3.74. The van der Waals surface area contributed by atoms with Crippen LogP contribution >= 0.6 is 0 Å². The largest absolute Gasteiger partial charge is 0.463 e. The van der Waals surface area contributed by atoms with Crippen LogP contribution < -0.4 is 15.5 Å². The van der Waals surface area contributed by atoms with Gasteiger partial charge in [-0.2, -0.15) is 0 Å². The molecule has 2 heterocycles. The summed E-state index contributed by atoms with van der Waals surface area (Å²) in [7, 11) is 0. The molecule has 2 amide bonds. The molecule has 156 valence electrons. The number of furan rings is 1. The van der Waals surface area contributed by atoms with Crippen LogP contribution in [-0.2, 0) is 9.59 Å². The number of anilines is 1. The van der Waals surface area contributed by atoms with E-state index in [0.717, 1.165) is 35.7 Å². The van der Waals surface area contributed by atoms with Crippen molar-refractivity contribution < 1.29 is 24.2 Å². The Morgan fingerprint density at radius 1 is 1.17 bits per heavy atom. The summed E-state index contributed by atoms with van der Waals surface area (Å²) in [5.74, 6) is 1.04. The molecule has 1 aliphatic rings. The quantitative estimate of drug-likeness (QED) is 0.606. The molecule has 4 N–H and O–H groups in total. The number of aryl methyl sites for hydroxylation is 2. The number of benzene rings is 1. The van der Waals surface area contributed by atoms with E-state index in [1.54, 1.807) is 6.26 Å². The monoisotopic (exact) mass is 400 g/mol. The lowest BCUT2D eigenvalue weighted by Gasteiger charge is -2.31. The predicted molar refractivity (Wildman–Crippen MR) is 111 cm³/mol. The number of piperazine rings is 1. The Morgan fingerprint density at radius 3 is 2.48 bits per heavy atom. The molecule has 1 aromatic carbocycles. The second kappa shape index (κ2) is 9.71. The van der Waals surface area contributed by atoms with Crippen LogP contribution in [0.25, 0.3) is 0 Å². The fraction of sp³-hybridized carbons (Fsp3) is 0.455. The second-order valence-electron chi connectivity index (χ2n) is 7.87. The number of para-hydroxylation sites is 1. The minimum absolute atomic E-state index is 0.0257. The van der Waals surface area contributed by atoms with Crippen LogP contribution in [0.15, 0.2) is 41.0 Å². The summed E-state index contributed by atoms with van der Waals surface area (Å²) in [6.45, 7) is 9.83. The van der Waals surface area contributed by atoms with Crippen molar-refractivity contribution in [1.82, 2.24) is 4.90 Å². The van der Waals surface area contributed by atoms with E-state index in [4.69, 9.17) is 4.42 Å². The number of hydrogen-bond donors (Lipinski definition) is 3. The highest BCUT2D eigenvalue weighted by molar-refractivity contribution is 5.93. The SMILES string of the molecule is Cc1cccc(C)c1NC(=O)C[NH+]1CCN(C(=O)C[NH2+][C@@H](C)c2ccco2)CC1. The average molecular weight is 401 g/mol. The van der Waals surface area contributed by atoms with E-state index in [1.807, 2.05) is 61.3 Å². The van der Waals surface area contributed by atoms with Crippen LogP contribution in [0.5, 0.6) is 0 Å². The molecule has 0 aliphatic carbocycles. The summed E-state index contributed by atoms with van der Waals surface area (Å²) in [6, 6.07) is 9.91. The molecule has 1 aromatic heterocycles. The number of nitrogens with two attached hydrogens (primary N) is 1. The molecule has 2 aromatic rings. The molecule has 0 unspecified atom stereocenters. The standard InChI is InChI=1S/C22H30N4O3/c1-16-6-4-7-17(2)22(16)24-20(27)15-25-9-11-26(12-10-25)21(28)14-23-18(3)19-8-5-13-29-19/h4-8,13,18,23H,9-12,14-15H2,1-3H3,(H,24,27)/p+2/t18-/m0/s1. The van der Waals surface area contributed by atoms with Gasteiger partial charge in [-0.25, -0.2) is 0 Å². The number of nitrogens with zero attached hydrogens (tertiary/aromatic N) is 1. The Kier molecular flexibility index (Phi) is 7.06. The van der Waals surface area contributed by atoms with Crippen LogP contribution in [0.3, 0.4) is 0 Å². The first-order valence-corrected chi connectivity index (χ1v) is 10.3. The van der Waals surface area contributed by atoms with Gasteiger partial charge in [0.1, 0.15) is 6.04 Å². The van der Waals surface area contributed by atoms with Gasteiger partial charge in [0, 0.05) is 5.69 Å². The molecule has 0 spiro atoms. The smallest absolute Gasteiger partial charge is 0.279 e. The number of rotatable bonds is 7. The van der Waals surface area contributed by atoms with Crippen molar-refractivity contribution >= 4 is 17.5 Å². The third-order valence-corrected chi connectivity index (χ3v) is 5.62. The van der Waals surface area contributed by atoms with E-state index < -0.39 is 0 Å². The van der Waals surface area contributed by atoms with Gasteiger partial charge in [0.05, 0.1) is 32.4 Å². The Balaban J connectivity index is 1.40. The highest BCUT2D eigenvalue weighted by Crippen LogP contribution is 2.18. The number of quaternary nitrogens is 2. The van der Waals surface area contributed by atoms with Gasteiger partial charge in [-0.05, 0) is 44.0 Å². The van der Waals surface area contributed by atoms with Crippen molar-refractivity contribution in [3.63, 3.8) is 0 Å². The van der Waals surface area contributed by atoms with Crippen LogP contribution in [0.1, 0.15) is 29.9 Å². The van der Waals surface area contributed by atoms with Crippen molar-refractivity contribution in [3.8, 4) is 0 Å². The Morgan fingerprint density at radius 2 is 1.86 bits per heavy atom.